The standard InChI is InChI=1S/C23H35N3O3/c1-25(15-18-8-6-12-21(14-18)29-2)22(27)17-26-13-7-9-19(16-26)23(28)24-20-10-4-3-5-11-20/h6,8,12,14,19-20H,3-5,7,9-11,13,15-17H2,1-2H3,(H,24,28). The van der Waals surface area contributed by atoms with Crippen molar-refractivity contribution in [3.8, 4) is 5.75 Å². The number of rotatable bonds is 7. The largest absolute Gasteiger partial charge is 0.497 e. The predicted molar refractivity (Wildman–Crippen MR) is 114 cm³/mol. The van der Waals surface area contributed by atoms with E-state index in [9.17, 15) is 9.59 Å². The highest BCUT2D eigenvalue weighted by atomic mass is 16.5. The van der Waals surface area contributed by atoms with Gasteiger partial charge >= 0.3 is 0 Å². The second-order valence-corrected chi connectivity index (χ2v) is 8.52. The lowest BCUT2D eigenvalue weighted by Gasteiger charge is -2.33. The molecule has 0 radical (unpaired) electrons. The van der Waals surface area contributed by atoms with E-state index in [1.807, 2.05) is 31.3 Å². The van der Waals surface area contributed by atoms with E-state index in [2.05, 4.69) is 10.2 Å². The zero-order valence-electron chi connectivity index (χ0n) is 17.9. The van der Waals surface area contributed by atoms with Crippen molar-refractivity contribution in [2.45, 2.75) is 57.5 Å². The number of benzene rings is 1. The molecule has 0 aromatic heterocycles. The molecule has 29 heavy (non-hydrogen) atoms. The fourth-order valence-corrected chi connectivity index (χ4v) is 4.42. The van der Waals surface area contributed by atoms with E-state index in [1.54, 1.807) is 12.0 Å². The normalized spacial score (nSPS) is 20.8. The van der Waals surface area contributed by atoms with Crippen LogP contribution < -0.4 is 10.1 Å². The molecule has 3 rings (SSSR count). The van der Waals surface area contributed by atoms with Crippen LogP contribution in [0.5, 0.6) is 5.75 Å². The molecule has 0 spiro atoms. The van der Waals surface area contributed by atoms with Gasteiger partial charge in [0.15, 0.2) is 0 Å². The number of ether oxygens (including phenoxy) is 1. The van der Waals surface area contributed by atoms with Gasteiger partial charge in [-0.25, -0.2) is 0 Å². The summed E-state index contributed by atoms with van der Waals surface area (Å²) in [7, 11) is 3.48. The van der Waals surface area contributed by atoms with Gasteiger partial charge in [0.05, 0.1) is 19.6 Å². The number of carbonyl (C=O) groups excluding carboxylic acids is 2. The van der Waals surface area contributed by atoms with Crippen LogP contribution in [0.4, 0.5) is 0 Å². The van der Waals surface area contributed by atoms with Crippen molar-refractivity contribution in [1.29, 1.82) is 0 Å². The van der Waals surface area contributed by atoms with Crippen LogP contribution in [0.2, 0.25) is 0 Å². The number of hydrogen-bond donors (Lipinski definition) is 1. The molecule has 1 aromatic carbocycles. The molecule has 2 amide bonds. The van der Waals surface area contributed by atoms with Gasteiger partial charge in [0, 0.05) is 26.2 Å². The third-order valence-corrected chi connectivity index (χ3v) is 6.17. The second-order valence-electron chi connectivity index (χ2n) is 8.52. The van der Waals surface area contributed by atoms with Gasteiger partial charge in [0.2, 0.25) is 11.8 Å². The quantitative estimate of drug-likeness (QED) is 0.763. The average Bonchev–Trinajstić information content (AvgIpc) is 2.74. The molecule has 1 atom stereocenters. The Morgan fingerprint density at radius 2 is 1.97 bits per heavy atom. The van der Waals surface area contributed by atoms with Crippen LogP contribution >= 0.6 is 0 Å². The number of carbonyl (C=O) groups is 2. The smallest absolute Gasteiger partial charge is 0.236 e. The number of piperidine rings is 1. The predicted octanol–water partition coefficient (Wildman–Crippen LogP) is 2.81. The van der Waals surface area contributed by atoms with Crippen LogP contribution in [-0.2, 0) is 16.1 Å². The maximum Gasteiger partial charge on any atom is 0.236 e. The molecule has 160 valence electrons. The third kappa shape index (κ3) is 6.46. The molecule has 1 unspecified atom stereocenters. The molecule has 1 saturated carbocycles. The van der Waals surface area contributed by atoms with Crippen molar-refractivity contribution >= 4 is 11.8 Å². The van der Waals surface area contributed by atoms with Crippen molar-refractivity contribution in [2.24, 2.45) is 5.92 Å². The molecular weight excluding hydrogens is 366 g/mol. The van der Waals surface area contributed by atoms with Gasteiger partial charge in [-0.05, 0) is 49.9 Å². The summed E-state index contributed by atoms with van der Waals surface area (Å²) in [5.41, 5.74) is 1.04. The van der Waals surface area contributed by atoms with Crippen molar-refractivity contribution in [2.75, 3.05) is 33.8 Å². The maximum atomic E-state index is 12.7. The van der Waals surface area contributed by atoms with Crippen LogP contribution in [0.15, 0.2) is 24.3 Å². The molecule has 6 nitrogen and oxygen atoms in total. The third-order valence-electron chi connectivity index (χ3n) is 6.17. The summed E-state index contributed by atoms with van der Waals surface area (Å²) in [6, 6.07) is 8.14. The summed E-state index contributed by atoms with van der Waals surface area (Å²) in [5.74, 6) is 1.06. The lowest BCUT2D eigenvalue weighted by Crippen LogP contribution is -2.48. The van der Waals surface area contributed by atoms with Crippen LogP contribution in [0, 0.1) is 5.92 Å². The van der Waals surface area contributed by atoms with Gasteiger partial charge in [0.25, 0.3) is 0 Å². The molecule has 1 aliphatic carbocycles. The summed E-state index contributed by atoms with van der Waals surface area (Å²) >= 11 is 0. The molecule has 2 aliphatic rings. The Balaban J connectivity index is 1.47. The second kappa shape index (κ2) is 10.6. The first-order chi connectivity index (χ1) is 14.0. The van der Waals surface area contributed by atoms with Crippen molar-refractivity contribution < 1.29 is 14.3 Å². The van der Waals surface area contributed by atoms with Crippen molar-refractivity contribution in [3.05, 3.63) is 29.8 Å². The van der Waals surface area contributed by atoms with E-state index in [1.165, 1.54) is 19.3 Å². The Bertz CT molecular complexity index is 688. The molecule has 6 heteroatoms. The van der Waals surface area contributed by atoms with E-state index in [0.29, 0.717) is 25.7 Å². The Kier molecular flexibility index (Phi) is 7.92. The molecular formula is C23H35N3O3. The number of hydrogen-bond acceptors (Lipinski definition) is 4. The summed E-state index contributed by atoms with van der Waals surface area (Å²) in [4.78, 5) is 29.3. The minimum Gasteiger partial charge on any atom is -0.497 e. The molecule has 1 aliphatic heterocycles. The summed E-state index contributed by atoms with van der Waals surface area (Å²) in [6.07, 6.45) is 7.82. The van der Waals surface area contributed by atoms with Gasteiger partial charge < -0.3 is 15.0 Å². The molecule has 2 fully saturated rings. The summed E-state index contributed by atoms with van der Waals surface area (Å²) in [6.45, 7) is 2.48. The van der Waals surface area contributed by atoms with Crippen LogP contribution in [0.3, 0.4) is 0 Å². The first-order valence-electron chi connectivity index (χ1n) is 10.9. The zero-order valence-corrected chi connectivity index (χ0v) is 17.9. The average molecular weight is 402 g/mol. The Morgan fingerprint density at radius 1 is 1.17 bits per heavy atom. The lowest BCUT2D eigenvalue weighted by atomic mass is 9.93. The van der Waals surface area contributed by atoms with Crippen molar-refractivity contribution in [1.82, 2.24) is 15.1 Å². The fraction of sp³-hybridized carbons (Fsp3) is 0.652. The first-order valence-corrected chi connectivity index (χ1v) is 10.9. The highest BCUT2D eigenvalue weighted by Gasteiger charge is 2.29. The van der Waals surface area contributed by atoms with Gasteiger partial charge in [-0.3, -0.25) is 14.5 Å². The Labute approximate surface area is 174 Å². The van der Waals surface area contributed by atoms with Gasteiger partial charge in [0.1, 0.15) is 5.75 Å². The molecule has 1 saturated heterocycles. The monoisotopic (exact) mass is 401 g/mol. The zero-order chi connectivity index (χ0) is 20.6. The minimum atomic E-state index is 0.00201. The number of methoxy groups -OCH3 is 1. The maximum absolute atomic E-state index is 12.7. The van der Waals surface area contributed by atoms with Gasteiger partial charge in [-0.2, -0.15) is 0 Å². The Hall–Kier alpha value is -2.08. The van der Waals surface area contributed by atoms with Crippen LogP contribution in [-0.4, -0.2) is 61.4 Å². The first kappa shape index (κ1) is 21.6. The van der Waals surface area contributed by atoms with Gasteiger partial charge in [-0.15, -0.1) is 0 Å². The SMILES string of the molecule is COc1cccc(CN(C)C(=O)CN2CCCC(C(=O)NC3CCCCC3)C2)c1. The number of nitrogens with one attached hydrogen (secondary N) is 1. The number of amides is 2. The highest BCUT2D eigenvalue weighted by molar-refractivity contribution is 5.80. The van der Waals surface area contributed by atoms with E-state index >= 15 is 0 Å². The van der Waals surface area contributed by atoms with Crippen molar-refractivity contribution in [3.63, 3.8) is 0 Å². The molecule has 0 bridgehead atoms. The lowest BCUT2D eigenvalue weighted by molar-refractivity contribution is -0.134. The molecule has 1 aromatic rings. The van der Waals surface area contributed by atoms with E-state index in [4.69, 9.17) is 4.74 Å². The van der Waals surface area contributed by atoms with E-state index in [0.717, 1.165) is 43.5 Å². The van der Waals surface area contributed by atoms with E-state index < -0.39 is 0 Å². The fourth-order valence-electron chi connectivity index (χ4n) is 4.42. The van der Waals surface area contributed by atoms with Crippen LogP contribution in [0.1, 0.15) is 50.5 Å². The highest BCUT2D eigenvalue weighted by Crippen LogP contribution is 2.21. The summed E-state index contributed by atoms with van der Waals surface area (Å²) in [5, 5.41) is 3.26. The molecule has 1 N–H and O–H groups in total. The molecule has 1 heterocycles. The number of likely N-dealkylation sites (tertiary alicyclic amines) is 1. The van der Waals surface area contributed by atoms with E-state index in [-0.39, 0.29) is 17.7 Å². The minimum absolute atomic E-state index is 0.00201. The van der Waals surface area contributed by atoms with Gasteiger partial charge in [-0.1, -0.05) is 31.4 Å². The number of nitrogens with zero attached hydrogens (tertiary/aromatic N) is 2. The number of likely N-dealkylation sites (N-methyl/N-ethyl adjacent to an activating group) is 1. The topological polar surface area (TPSA) is 61.9 Å². The van der Waals surface area contributed by atoms with Crippen LogP contribution in [0.25, 0.3) is 0 Å². The summed E-state index contributed by atoms with van der Waals surface area (Å²) < 4.78 is 5.26. The Morgan fingerprint density at radius 3 is 2.72 bits per heavy atom.